The van der Waals surface area contributed by atoms with Gasteiger partial charge in [-0.3, -0.25) is 0 Å². The second kappa shape index (κ2) is 5.28. The molecule has 2 fully saturated rings. The standard InChI is InChI=1S/C10H17ClN2O2S2/c11-8-6-17(14,15)7-9(8)12-10(16)13-4-2-1-3-5-13/h8-9H,1-7H2,(H,12,16)/t8-,9+/m0/s1. The molecule has 4 nitrogen and oxygen atoms in total. The van der Waals surface area contributed by atoms with E-state index in [0.717, 1.165) is 25.9 Å². The number of nitrogens with one attached hydrogen (secondary N) is 1. The molecule has 0 aromatic carbocycles. The SMILES string of the molecule is O=S1(=O)C[C@H](Cl)[C@H](NC(=S)N2CCCCC2)C1. The molecule has 0 bridgehead atoms. The number of thiocarbonyl (C=S) groups is 1. The van der Waals surface area contributed by atoms with Crippen molar-refractivity contribution in [2.45, 2.75) is 30.7 Å². The van der Waals surface area contributed by atoms with E-state index in [1.165, 1.54) is 6.42 Å². The lowest BCUT2D eigenvalue weighted by atomic mass is 10.1. The van der Waals surface area contributed by atoms with Gasteiger partial charge in [-0.25, -0.2) is 8.42 Å². The maximum absolute atomic E-state index is 11.4. The summed E-state index contributed by atoms with van der Waals surface area (Å²) < 4.78 is 22.9. The lowest BCUT2D eigenvalue weighted by Crippen LogP contribution is -2.49. The minimum Gasteiger partial charge on any atom is -0.357 e. The Kier molecular flexibility index (Phi) is 4.15. The summed E-state index contributed by atoms with van der Waals surface area (Å²) >= 11 is 11.3. The topological polar surface area (TPSA) is 49.4 Å². The van der Waals surface area contributed by atoms with E-state index >= 15 is 0 Å². The van der Waals surface area contributed by atoms with Crippen LogP contribution in [0.5, 0.6) is 0 Å². The van der Waals surface area contributed by atoms with Crippen LogP contribution in [0.15, 0.2) is 0 Å². The van der Waals surface area contributed by atoms with Crippen LogP contribution in [0.3, 0.4) is 0 Å². The number of sulfone groups is 1. The van der Waals surface area contributed by atoms with Gasteiger partial charge in [-0.15, -0.1) is 11.6 Å². The first-order valence-corrected chi connectivity index (χ1v) is 8.54. The van der Waals surface area contributed by atoms with E-state index in [1.54, 1.807) is 0 Å². The van der Waals surface area contributed by atoms with Crippen LogP contribution in [0.4, 0.5) is 0 Å². The van der Waals surface area contributed by atoms with Crippen LogP contribution >= 0.6 is 23.8 Å². The van der Waals surface area contributed by atoms with E-state index in [4.69, 9.17) is 23.8 Å². The van der Waals surface area contributed by atoms with Crippen molar-refractivity contribution in [1.29, 1.82) is 0 Å². The van der Waals surface area contributed by atoms with Crippen LogP contribution in [0.1, 0.15) is 19.3 Å². The first-order valence-electron chi connectivity index (χ1n) is 5.88. The smallest absolute Gasteiger partial charge is 0.169 e. The first-order chi connectivity index (χ1) is 7.98. The Hall–Kier alpha value is -0.0700. The van der Waals surface area contributed by atoms with Gasteiger partial charge in [-0.05, 0) is 31.5 Å². The molecule has 2 aliphatic heterocycles. The molecule has 2 heterocycles. The van der Waals surface area contributed by atoms with Crippen LogP contribution in [-0.2, 0) is 9.84 Å². The number of likely N-dealkylation sites (tertiary alicyclic amines) is 1. The number of rotatable bonds is 1. The molecule has 0 aromatic heterocycles. The van der Waals surface area contributed by atoms with Crippen LogP contribution in [0, 0.1) is 0 Å². The van der Waals surface area contributed by atoms with Crippen molar-refractivity contribution in [2.24, 2.45) is 0 Å². The summed E-state index contributed by atoms with van der Waals surface area (Å²) in [6, 6.07) is -0.240. The minimum atomic E-state index is -2.99. The Morgan fingerprint density at radius 3 is 2.41 bits per heavy atom. The molecule has 2 rings (SSSR count). The van der Waals surface area contributed by atoms with Gasteiger partial charge in [0.05, 0.1) is 22.9 Å². The fourth-order valence-corrected chi connectivity index (χ4v) is 5.17. The maximum Gasteiger partial charge on any atom is 0.169 e. The number of nitrogens with zero attached hydrogens (tertiary/aromatic N) is 1. The molecule has 0 spiro atoms. The predicted molar refractivity (Wildman–Crippen MR) is 73.2 cm³/mol. The summed E-state index contributed by atoms with van der Waals surface area (Å²) in [4.78, 5) is 2.10. The average Bonchev–Trinajstić information content (AvgIpc) is 2.53. The van der Waals surface area contributed by atoms with E-state index in [0.29, 0.717) is 5.11 Å². The second-order valence-corrected chi connectivity index (χ2v) is 7.80. The molecular weight excluding hydrogens is 280 g/mol. The van der Waals surface area contributed by atoms with Crippen molar-refractivity contribution in [3.8, 4) is 0 Å². The molecule has 0 amide bonds. The van der Waals surface area contributed by atoms with Crippen molar-refractivity contribution >= 4 is 38.8 Å². The van der Waals surface area contributed by atoms with Crippen LogP contribution in [-0.4, -0.2) is 54.4 Å². The zero-order valence-corrected chi connectivity index (χ0v) is 12.0. The molecule has 1 N–H and O–H groups in total. The summed E-state index contributed by atoms with van der Waals surface area (Å²) in [6.07, 6.45) is 3.54. The molecule has 2 saturated heterocycles. The normalized spacial score (nSPS) is 32.4. The van der Waals surface area contributed by atoms with Crippen LogP contribution in [0.2, 0.25) is 0 Å². The molecular formula is C10H17ClN2O2S2. The molecule has 0 unspecified atom stereocenters. The lowest BCUT2D eigenvalue weighted by molar-refractivity contribution is 0.335. The first kappa shape index (κ1) is 13.4. The third-order valence-corrected chi connectivity index (χ3v) is 5.99. The number of hydrogen-bond donors (Lipinski definition) is 1. The van der Waals surface area contributed by atoms with Gasteiger partial charge in [0.2, 0.25) is 0 Å². The van der Waals surface area contributed by atoms with Gasteiger partial charge < -0.3 is 10.2 Å². The Bertz CT molecular complexity index is 393. The fourth-order valence-electron chi connectivity index (χ4n) is 2.28. The largest absolute Gasteiger partial charge is 0.357 e. The van der Waals surface area contributed by atoms with Crippen LogP contribution < -0.4 is 5.32 Å². The van der Waals surface area contributed by atoms with Gasteiger partial charge in [0.1, 0.15) is 0 Å². The highest BCUT2D eigenvalue weighted by Crippen LogP contribution is 2.18. The second-order valence-electron chi connectivity index (χ2n) is 4.70. The van der Waals surface area contributed by atoms with Crippen molar-refractivity contribution in [2.75, 3.05) is 24.6 Å². The average molecular weight is 297 g/mol. The summed E-state index contributed by atoms with van der Waals surface area (Å²) in [5.74, 6) is 0.143. The quantitative estimate of drug-likeness (QED) is 0.572. The maximum atomic E-state index is 11.4. The fraction of sp³-hybridized carbons (Fsp3) is 0.900. The number of piperidine rings is 1. The van der Waals surface area contributed by atoms with Gasteiger partial charge in [-0.2, -0.15) is 0 Å². The van der Waals surface area contributed by atoms with E-state index in [9.17, 15) is 8.42 Å². The number of halogens is 1. The Morgan fingerprint density at radius 1 is 1.24 bits per heavy atom. The molecule has 98 valence electrons. The summed E-state index contributed by atoms with van der Waals surface area (Å²) in [7, 11) is -2.99. The van der Waals surface area contributed by atoms with Crippen molar-refractivity contribution in [3.05, 3.63) is 0 Å². The molecule has 0 saturated carbocycles. The zero-order chi connectivity index (χ0) is 12.5. The molecule has 2 atom stereocenters. The van der Waals surface area contributed by atoms with Crippen molar-refractivity contribution < 1.29 is 8.42 Å². The van der Waals surface area contributed by atoms with E-state index < -0.39 is 9.84 Å². The highest BCUT2D eigenvalue weighted by molar-refractivity contribution is 7.91. The van der Waals surface area contributed by atoms with Crippen molar-refractivity contribution in [3.63, 3.8) is 0 Å². The highest BCUT2D eigenvalue weighted by atomic mass is 35.5. The van der Waals surface area contributed by atoms with Gasteiger partial charge in [-0.1, -0.05) is 0 Å². The van der Waals surface area contributed by atoms with Crippen LogP contribution in [0.25, 0.3) is 0 Å². The van der Waals surface area contributed by atoms with E-state index in [1.807, 2.05) is 0 Å². The van der Waals surface area contributed by atoms with Crippen molar-refractivity contribution in [1.82, 2.24) is 10.2 Å². The molecule has 17 heavy (non-hydrogen) atoms. The lowest BCUT2D eigenvalue weighted by Gasteiger charge is -2.31. The summed E-state index contributed by atoms with van der Waals surface area (Å²) in [5.41, 5.74) is 0. The molecule has 0 radical (unpaired) electrons. The third-order valence-electron chi connectivity index (χ3n) is 3.24. The number of alkyl halides is 1. The molecule has 7 heteroatoms. The van der Waals surface area contributed by atoms with E-state index in [2.05, 4.69) is 10.2 Å². The zero-order valence-electron chi connectivity index (χ0n) is 9.56. The monoisotopic (exact) mass is 296 g/mol. The Morgan fingerprint density at radius 2 is 1.88 bits per heavy atom. The Labute approximate surface area is 113 Å². The predicted octanol–water partition coefficient (Wildman–Crippen LogP) is 0.751. The Balaban J connectivity index is 1.90. The highest BCUT2D eigenvalue weighted by Gasteiger charge is 2.37. The summed E-state index contributed by atoms with van der Waals surface area (Å²) in [6.45, 7) is 1.91. The molecule has 0 aliphatic carbocycles. The number of hydrogen-bond acceptors (Lipinski definition) is 3. The molecule has 2 aliphatic rings. The van der Waals surface area contributed by atoms with Gasteiger partial charge >= 0.3 is 0 Å². The minimum absolute atomic E-state index is 0.0504. The summed E-state index contributed by atoms with van der Waals surface area (Å²) in [5, 5.41) is 3.38. The third kappa shape index (κ3) is 3.45. The van der Waals surface area contributed by atoms with Gasteiger partial charge in [0, 0.05) is 13.1 Å². The van der Waals surface area contributed by atoms with Gasteiger partial charge in [0.25, 0.3) is 0 Å². The molecule has 0 aromatic rings. The van der Waals surface area contributed by atoms with Gasteiger partial charge in [0.15, 0.2) is 14.9 Å². The van der Waals surface area contributed by atoms with E-state index in [-0.39, 0.29) is 22.9 Å².